The largest absolute Gasteiger partial charge is 0.390 e. The Labute approximate surface area is 153 Å². The summed E-state index contributed by atoms with van der Waals surface area (Å²) in [5.74, 6) is -0.140. The van der Waals surface area contributed by atoms with Gasteiger partial charge in [-0.1, -0.05) is 53.5 Å². The molecule has 2 nitrogen and oxygen atoms in total. The molecular weight excluding hydrogens is 442 g/mol. The molecule has 23 heavy (non-hydrogen) atoms. The van der Waals surface area contributed by atoms with Crippen molar-refractivity contribution in [2.24, 2.45) is 0 Å². The number of unbranched alkanes of at least 4 members (excludes halogenated alkanes) is 3. The summed E-state index contributed by atoms with van der Waals surface area (Å²) in [5.41, 5.74) is 0.564. The fourth-order valence-electron chi connectivity index (χ4n) is 2.10. The molecule has 0 aromatic heterocycles. The summed E-state index contributed by atoms with van der Waals surface area (Å²) in [4.78, 5) is 11.8. The second kappa shape index (κ2) is 10.4. The molecule has 1 amide bonds. The molecule has 0 aliphatic carbocycles. The van der Waals surface area contributed by atoms with Crippen molar-refractivity contribution in [2.45, 2.75) is 48.6 Å². The van der Waals surface area contributed by atoms with Gasteiger partial charge in [-0.15, -0.1) is 0 Å². The first kappa shape index (κ1) is 20.5. The Hall–Kier alpha value is -0.500. The van der Waals surface area contributed by atoms with E-state index in [0.717, 1.165) is 25.7 Å². The summed E-state index contributed by atoms with van der Waals surface area (Å²) in [5, 5.41) is 3.40. The van der Waals surface area contributed by atoms with Gasteiger partial charge in [0, 0.05) is 21.1 Å². The van der Waals surface area contributed by atoms with E-state index < -0.39 is 12.6 Å². The van der Waals surface area contributed by atoms with E-state index in [1.54, 1.807) is 24.3 Å². The van der Waals surface area contributed by atoms with Crippen molar-refractivity contribution in [3.8, 4) is 0 Å². The van der Waals surface area contributed by atoms with Crippen LogP contribution in [0.3, 0.4) is 0 Å². The smallest absolute Gasteiger partial charge is 0.352 e. The summed E-state index contributed by atoms with van der Waals surface area (Å²) in [6.45, 7) is 0.567. The van der Waals surface area contributed by atoms with Crippen molar-refractivity contribution in [1.82, 2.24) is 5.32 Å². The lowest BCUT2D eigenvalue weighted by Crippen LogP contribution is -2.24. The summed E-state index contributed by atoms with van der Waals surface area (Å²) < 4.78 is 36.2. The van der Waals surface area contributed by atoms with Gasteiger partial charge >= 0.3 is 6.18 Å². The van der Waals surface area contributed by atoms with Crippen molar-refractivity contribution in [3.05, 3.63) is 34.9 Å². The van der Waals surface area contributed by atoms with Crippen LogP contribution < -0.4 is 5.32 Å². The lowest BCUT2D eigenvalue weighted by molar-refractivity contribution is -0.133. The topological polar surface area (TPSA) is 29.1 Å². The van der Waals surface area contributed by atoms with E-state index in [1.165, 1.54) is 0 Å². The molecule has 1 rings (SSSR count). The molecule has 1 atom stereocenters. The molecule has 0 heterocycles. The maximum Gasteiger partial charge on any atom is 0.390 e. The number of rotatable bonds is 9. The molecule has 0 fully saturated rings. The quantitative estimate of drug-likeness (QED) is 0.282. The fourth-order valence-corrected chi connectivity index (χ4v) is 3.17. The van der Waals surface area contributed by atoms with Crippen LogP contribution in [-0.4, -0.2) is 22.6 Å². The molecule has 0 radical (unpaired) electrons. The number of benzene rings is 1. The highest BCUT2D eigenvalue weighted by atomic mass is 127. The van der Waals surface area contributed by atoms with Gasteiger partial charge in [-0.25, -0.2) is 0 Å². The molecule has 7 heteroatoms. The fraction of sp³-hybridized carbons (Fsp3) is 0.562. The van der Waals surface area contributed by atoms with Crippen LogP contribution in [0.2, 0.25) is 5.02 Å². The van der Waals surface area contributed by atoms with Gasteiger partial charge in [-0.2, -0.15) is 13.2 Å². The van der Waals surface area contributed by atoms with Crippen LogP contribution in [0, 0.1) is 0 Å². The van der Waals surface area contributed by atoms with Gasteiger partial charge < -0.3 is 5.32 Å². The lowest BCUT2D eigenvalue weighted by Gasteiger charge is -2.12. The number of hydrogen-bond acceptors (Lipinski definition) is 1. The minimum atomic E-state index is -4.07. The lowest BCUT2D eigenvalue weighted by atomic mass is 10.1. The normalized spacial score (nSPS) is 12.9. The molecule has 0 saturated heterocycles. The zero-order valence-electron chi connectivity index (χ0n) is 12.6. The molecule has 130 valence electrons. The van der Waals surface area contributed by atoms with E-state index in [-0.39, 0.29) is 9.83 Å². The summed E-state index contributed by atoms with van der Waals surface area (Å²) in [6.07, 6.45) is -0.816. The second-order valence-corrected chi connectivity index (χ2v) is 7.58. The van der Waals surface area contributed by atoms with Gasteiger partial charge in [0.15, 0.2) is 0 Å². The Morgan fingerprint density at radius 2 is 1.74 bits per heavy atom. The van der Waals surface area contributed by atoms with Gasteiger partial charge in [0.2, 0.25) is 0 Å². The Kier molecular flexibility index (Phi) is 9.27. The standard InChI is InChI=1S/C16H20ClF3INO/c17-13-8-6-12(7-9-13)15(23)22-10-4-2-1-3-5-14(21)11-16(18,19)20/h6-9,14H,1-5,10-11H2,(H,22,23). The molecule has 0 aliphatic rings. The first-order chi connectivity index (χ1) is 10.8. The van der Waals surface area contributed by atoms with Crippen molar-refractivity contribution >= 4 is 40.1 Å². The van der Waals surface area contributed by atoms with E-state index in [4.69, 9.17) is 11.6 Å². The van der Waals surface area contributed by atoms with E-state index in [2.05, 4.69) is 5.32 Å². The van der Waals surface area contributed by atoms with Gasteiger partial charge in [0.1, 0.15) is 0 Å². The number of halogens is 5. The number of alkyl halides is 4. The molecule has 1 N–H and O–H groups in total. The van der Waals surface area contributed by atoms with Crippen LogP contribution in [0.15, 0.2) is 24.3 Å². The maximum atomic E-state index is 12.2. The molecule has 0 spiro atoms. The Morgan fingerprint density at radius 1 is 1.13 bits per heavy atom. The van der Waals surface area contributed by atoms with E-state index in [9.17, 15) is 18.0 Å². The molecule has 0 bridgehead atoms. The summed E-state index contributed by atoms with van der Waals surface area (Å²) in [7, 11) is 0. The number of nitrogens with one attached hydrogen (secondary N) is 1. The molecule has 0 aliphatic heterocycles. The number of amides is 1. The maximum absolute atomic E-state index is 12.2. The molecule has 1 unspecified atom stereocenters. The van der Waals surface area contributed by atoms with E-state index in [1.807, 2.05) is 22.6 Å². The van der Waals surface area contributed by atoms with Gasteiger partial charge in [-0.3, -0.25) is 4.79 Å². The first-order valence-electron chi connectivity index (χ1n) is 7.52. The van der Waals surface area contributed by atoms with E-state index in [0.29, 0.717) is 23.6 Å². The highest BCUT2D eigenvalue weighted by Crippen LogP contribution is 2.28. The van der Waals surface area contributed by atoms with Crippen molar-refractivity contribution in [3.63, 3.8) is 0 Å². The predicted octanol–water partition coefficient (Wildman–Crippen LogP) is 5.78. The van der Waals surface area contributed by atoms with Crippen LogP contribution in [0.25, 0.3) is 0 Å². The number of hydrogen-bond donors (Lipinski definition) is 1. The average Bonchev–Trinajstić information content (AvgIpc) is 2.45. The van der Waals surface area contributed by atoms with Crippen molar-refractivity contribution in [2.75, 3.05) is 6.54 Å². The third kappa shape index (κ3) is 10.1. The molecule has 1 aromatic rings. The molecule has 0 saturated carbocycles. The van der Waals surface area contributed by atoms with Crippen LogP contribution in [-0.2, 0) is 0 Å². The van der Waals surface area contributed by atoms with Crippen LogP contribution in [0.5, 0.6) is 0 Å². The Bertz CT molecular complexity index is 479. The summed E-state index contributed by atoms with van der Waals surface area (Å²) in [6, 6.07) is 6.66. The van der Waals surface area contributed by atoms with Crippen molar-refractivity contribution in [1.29, 1.82) is 0 Å². The average molecular weight is 462 g/mol. The summed E-state index contributed by atoms with van der Waals surface area (Å²) >= 11 is 7.62. The van der Waals surface area contributed by atoms with Gasteiger partial charge in [0.25, 0.3) is 5.91 Å². The SMILES string of the molecule is O=C(NCCCCCCC(I)CC(F)(F)F)c1ccc(Cl)cc1. The predicted molar refractivity (Wildman–Crippen MR) is 95.4 cm³/mol. The number of carbonyl (C=O) groups is 1. The monoisotopic (exact) mass is 461 g/mol. The van der Waals surface area contributed by atoms with Crippen LogP contribution in [0.4, 0.5) is 13.2 Å². The highest BCUT2D eigenvalue weighted by molar-refractivity contribution is 14.1. The minimum Gasteiger partial charge on any atom is -0.352 e. The zero-order chi connectivity index (χ0) is 17.3. The third-order valence-corrected chi connectivity index (χ3v) is 4.60. The Morgan fingerprint density at radius 3 is 2.35 bits per heavy atom. The van der Waals surface area contributed by atoms with Gasteiger partial charge in [0.05, 0.1) is 6.42 Å². The minimum absolute atomic E-state index is 0.140. The molecule has 1 aromatic carbocycles. The van der Waals surface area contributed by atoms with Gasteiger partial charge in [-0.05, 0) is 37.1 Å². The first-order valence-corrected chi connectivity index (χ1v) is 9.15. The molecular formula is C16H20ClF3INO. The van der Waals surface area contributed by atoms with E-state index >= 15 is 0 Å². The second-order valence-electron chi connectivity index (χ2n) is 5.38. The van der Waals surface area contributed by atoms with Crippen molar-refractivity contribution < 1.29 is 18.0 Å². The third-order valence-electron chi connectivity index (χ3n) is 3.29. The Balaban J connectivity index is 2.05. The number of carbonyl (C=O) groups excluding carboxylic acids is 1. The highest BCUT2D eigenvalue weighted by Gasteiger charge is 2.30. The zero-order valence-corrected chi connectivity index (χ0v) is 15.5. The van der Waals surface area contributed by atoms with Crippen LogP contribution >= 0.6 is 34.2 Å². The van der Waals surface area contributed by atoms with Crippen LogP contribution in [0.1, 0.15) is 48.9 Å².